The molecule has 2 rings (SSSR count). The van der Waals surface area contributed by atoms with Crippen LogP contribution in [0.4, 0.5) is 5.69 Å². The molecule has 0 spiro atoms. The number of carbonyl (C=O) groups excluding carboxylic acids is 1. The van der Waals surface area contributed by atoms with Crippen molar-refractivity contribution < 1.29 is 9.53 Å². The summed E-state index contributed by atoms with van der Waals surface area (Å²) >= 11 is 0. The van der Waals surface area contributed by atoms with Gasteiger partial charge in [0.05, 0.1) is 23.4 Å². The van der Waals surface area contributed by atoms with Gasteiger partial charge in [-0.25, -0.2) is 4.79 Å². The topological polar surface area (TPSA) is 76.1 Å². The Labute approximate surface area is 113 Å². The van der Waals surface area contributed by atoms with Gasteiger partial charge in [-0.05, 0) is 49.8 Å². The number of fused-ring (bicyclic) bond motifs is 1. The van der Waals surface area contributed by atoms with Gasteiger partial charge in [0.2, 0.25) is 0 Å². The average molecular weight is 258 g/mol. The van der Waals surface area contributed by atoms with E-state index in [2.05, 4.69) is 6.07 Å². The van der Waals surface area contributed by atoms with Crippen LogP contribution in [-0.4, -0.2) is 12.6 Å². The first-order chi connectivity index (χ1) is 9.19. The Morgan fingerprint density at radius 2 is 2.16 bits per heavy atom. The monoisotopic (exact) mass is 258 g/mol. The Hall–Kier alpha value is -2.02. The van der Waals surface area contributed by atoms with Crippen LogP contribution in [0.2, 0.25) is 0 Å². The van der Waals surface area contributed by atoms with E-state index in [9.17, 15) is 10.1 Å². The first-order valence-corrected chi connectivity index (χ1v) is 6.70. The number of anilines is 1. The number of rotatable bonds is 2. The largest absolute Gasteiger partial charge is 0.462 e. The van der Waals surface area contributed by atoms with Crippen LogP contribution in [0.3, 0.4) is 0 Å². The molecule has 0 fully saturated rings. The van der Waals surface area contributed by atoms with Crippen molar-refractivity contribution in [3.05, 3.63) is 28.3 Å². The molecular formula is C15H18N2O2. The van der Waals surface area contributed by atoms with Crippen molar-refractivity contribution in [2.75, 3.05) is 12.3 Å². The summed E-state index contributed by atoms with van der Waals surface area (Å²) in [5.74, 6) is -0.441. The summed E-state index contributed by atoms with van der Waals surface area (Å²) in [6.07, 6.45) is 5.07. The number of hydrogen-bond donors (Lipinski definition) is 1. The van der Waals surface area contributed by atoms with Crippen LogP contribution >= 0.6 is 0 Å². The maximum absolute atomic E-state index is 11.9. The molecule has 2 N–H and O–H groups in total. The van der Waals surface area contributed by atoms with Crippen molar-refractivity contribution in [3.63, 3.8) is 0 Å². The third-order valence-electron chi connectivity index (χ3n) is 3.55. The predicted octanol–water partition coefficient (Wildman–Crippen LogP) is 2.59. The minimum Gasteiger partial charge on any atom is -0.462 e. The highest BCUT2D eigenvalue weighted by Gasteiger charge is 2.21. The van der Waals surface area contributed by atoms with Crippen LogP contribution in [0.15, 0.2) is 6.07 Å². The minimum absolute atomic E-state index is 0.265. The SMILES string of the molecule is CCOC(=O)c1cc2c(c(C#N)c1N)CCCCC2. The zero-order valence-electron chi connectivity index (χ0n) is 11.2. The van der Waals surface area contributed by atoms with Gasteiger partial charge in [-0.3, -0.25) is 0 Å². The van der Waals surface area contributed by atoms with Crippen molar-refractivity contribution in [2.24, 2.45) is 0 Å². The molecule has 0 amide bonds. The van der Waals surface area contributed by atoms with Crippen LogP contribution in [0.5, 0.6) is 0 Å². The van der Waals surface area contributed by atoms with Gasteiger partial charge in [-0.2, -0.15) is 5.26 Å². The summed E-state index contributed by atoms with van der Waals surface area (Å²) in [7, 11) is 0. The van der Waals surface area contributed by atoms with Gasteiger partial charge in [-0.15, -0.1) is 0 Å². The number of hydrogen-bond acceptors (Lipinski definition) is 4. The second kappa shape index (κ2) is 5.75. The summed E-state index contributed by atoms with van der Waals surface area (Å²) in [4.78, 5) is 11.9. The molecule has 1 aliphatic carbocycles. The van der Waals surface area contributed by atoms with Gasteiger partial charge in [0.15, 0.2) is 0 Å². The second-order valence-corrected chi connectivity index (χ2v) is 4.74. The summed E-state index contributed by atoms with van der Waals surface area (Å²) in [5.41, 5.74) is 9.13. The molecule has 19 heavy (non-hydrogen) atoms. The highest BCUT2D eigenvalue weighted by molar-refractivity contribution is 5.97. The van der Waals surface area contributed by atoms with E-state index in [0.29, 0.717) is 17.7 Å². The number of nitrogen functional groups attached to an aromatic ring is 1. The number of nitriles is 1. The number of nitrogens with two attached hydrogens (primary N) is 1. The van der Waals surface area contributed by atoms with Crippen LogP contribution in [0.1, 0.15) is 53.2 Å². The molecular weight excluding hydrogens is 240 g/mol. The zero-order valence-corrected chi connectivity index (χ0v) is 11.2. The third kappa shape index (κ3) is 2.55. The quantitative estimate of drug-likeness (QED) is 0.502. The lowest BCUT2D eigenvalue weighted by molar-refractivity contribution is 0.0527. The number of benzene rings is 1. The fourth-order valence-electron chi connectivity index (χ4n) is 2.60. The van der Waals surface area contributed by atoms with E-state index in [-0.39, 0.29) is 5.69 Å². The molecule has 0 atom stereocenters. The fourth-order valence-corrected chi connectivity index (χ4v) is 2.60. The highest BCUT2D eigenvalue weighted by Crippen LogP contribution is 2.30. The Morgan fingerprint density at radius 1 is 1.42 bits per heavy atom. The molecule has 4 nitrogen and oxygen atoms in total. The predicted molar refractivity (Wildman–Crippen MR) is 72.8 cm³/mol. The highest BCUT2D eigenvalue weighted by atomic mass is 16.5. The summed E-state index contributed by atoms with van der Waals surface area (Å²) in [5, 5.41) is 9.32. The van der Waals surface area contributed by atoms with Crippen LogP contribution in [0.25, 0.3) is 0 Å². The van der Waals surface area contributed by atoms with Crippen molar-refractivity contribution in [1.29, 1.82) is 5.26 Å². The molecule has 4 heteroatoms. The summed E-state index contributed by atoms with van der Waals surface area (Å²) < 4.78 is 5.00. The number of aryl methyl sites for hydroxylation is 1. The first kappa shape index (κ1) is 13.4. The molecule has 0 aromatic heterocycles. The molecule has 0 aliphatic heterocycles. The molecule has 0 saturated carbocycles. The van der Waals surface area contributed by atoms with E-state index < -0.39 is 5.97 Å². The van der Waals surface area contributed by atoms with E-state index in [0.717, 1.165) is 43.2 Å². The molecule has 100 valence electrons. The van der Waals surface area contributed by atoms with Crippen molar-refractivity contribution >= 4 is 11.7 Å². The summed E-state index contributed by atoms with van der Waals surface area (Å²) in [6.45, 7) is 2.06. The summed E-state index contributed by atoms with van der Waals surface area (Å²) in [6, 6.07) is 3.97. The van der Waals surface area contributed by atoms with Crippen molar-refractivity contribution in [1.82, 2.24) is 0 Å². The van der Waals surface area contributed by atoms with E-state index in [1.165, 1.54) is 0 Å². The molecule has 0 radical (unpaired) electrons. The Morgan fingerprint density at radius 3 is 2.84 bits per heavy atom. The van der Waals surface area contributed by atoms with Gasteiger partial charge in [0.1, 0.15) is 6.07 Å². The second-order valence-electron chi connectivity index (χ2n) is 4.74. The van der Waals surface area contributed by atoms with E-state index in [1.54, 1.807) is 6.92 Å². The third-order valence-corrected chi connectivity index (χ3v) is 3.55. The Kier molecular flexibility index (Phi) is 4.06. The lowest BCUT2D eigenvalue weighted by Crippen LogP contribution is -2.12. The average Bonchev–Trinajstić information content (AvgIpc) is 2.63. The maximum atomic E-state index is 11.9. The van der Waals surface area contributed by atoms with Crippen molar-refractivity contribution in [2.45, 2.75) is 39.0 Å². The molecule has 0 heterocycles. The van der Waals surface area contributed by atoms with Crippen LogP contribution in [-0.2, 0) is 17.6 Å². The normalized spacial score (nSPS) is 14.1. The lowest BCUT2D eigenvalue weighted by atomic mass is 9.93. The smallest absolute Gasteiger partial charge is 0.340 e. The molecule has 1 aromatic rings. The fraction of sp³-hybridized carbons (Fsp3) is 0.467. The van der Waals surface area contributed by atoms with Gasteiger partial charge in [-0.1, -0.05) is 6.42 Å². The van der Waals surface area contributed by atoms with E-state index in [4.69, 9.17) is 10.5 Å². The zero-order chi connectivity index (χ0) is 13.8. The van der Waals surface area contributed by atoms with Gasteiger partial charge < -0.3 is 10.5 Å². The number of ether oxygens (including phenoxy) is 1. The molecule has 0 unspecified atom stereocenters. The maximum Gasteiger partial charge on any atom is 0.340 e. The molecule has 1 aliphatic rings. The van der Waals surface area contributed by atoms with E-state index in [1.807, 2.05) is 6.07 Å². The van der Waals surface area contributed by atoms with Crippen molar-refractivity contribution in [3.8, 4) is 6.07 Å². The van der Waals surface area contributed by atoms with Gasteiger partial charge >= 0.3 is 5.97 Å². The molecule has 0 bridgehead atoms. The standard InChI is InChI=1S/C15H18N2O2/c1-2-19-15(18)12-8-10-6-4-3-5-7-11(10)13(9-16)14(12)17/h8H,2-7,17H2,1H3. The Bertz CT molecular complexity index is 544. The Balaban J connectivity index is 2.56. The molecule has 1 aromatic carbocycles. The van der Waals surface area contributed by atoms with Crippen LogP contribution < -0.4 is 5.73 Å². The number of nitrogens with zero attached hydrogens (tertiary/aromatic N) is 1. The molecule has 0 saturated heterocycles. The minimum atomic E-state index is -0.441. The number of esters is 1. The number of carbonyl (C=O) groups is 1. The van der Waals surface area contributed by atoms with Gasteiger partial charge in [0.25, 0.3) is 0 Å². The first-order valence-electron chi connectivity index (χ1n) is 6.70. The van der Waals surface area contributed by atoms with Crippen LogP contribution in [0, 0.1) is 11.3 Å². The van der Waals surface area contributed by atoms with Gasteiger partial charge in [0, 0.05) is 0 Å². The lowest BCUT2D eigenvalue weighted by Gasteiger charge is -2.14. The van der Waals surface area contributed by atoms with E-state index >= 15 is 0 Å².